The molecule has 0 atom stereocenters. The Bertz CT molecular complexity index is 1130. The van der Waals surface area contributed by atoms with Crippen molar-refractivity contribution in [1.29, 1.82) is 0 Å². The van der Waals surface area contributed by atoms with Gasteiger partial charge in [-0.3, -0.25) is 9.48 Å². The van der Waals surface area contributed by atoms with Gasteiger partial charge in [0.1, 0.15) is 11.6 Å². The third kappa shape index (κ3) is 4.75. The maximum atomic E-state index is 14.7. The van der Waals surface area contributed by atoms with Crippen LogP contribution < -0.4 is 21.2 Å². The zero-order chi connectivity index (χ0) is 23.4. The average Bonchev–Trinajstić information content (AvgIpc) is 3.15. The van der Waals surface area contributed by atoms with Crippen LogP contribution in [0.5, 0.6) is 5.75 Å². The van der Waals surface area contributed by atoms with Crippen LogP contribution in [-0.2, 0) is 7.05 Å². The number of hydrogen-bond acceptors (Lipinski definition) is 6. The maximum absolute atomic E-state index is 14.7. The summed E-state index contributed by atoms with van der Waals surface area (Å²) >= 11 is 0. The molecule has 1 aromatic carbocycles. The highest BCUT2D eigenvalue weighted by atomic mass is 31.1. The summed E-state index contributed by atoms with van der Waals surface area (Å²) < 4.78 is 22.2. The summed E-state index contributed by atoms with van der Waals surface area (Å²) in [6, 6.07) is 6.31. The highest BCUT2D eigenvalue weighted by Crippen LogP contribution is 2.40. The van der Waals surface area contributed by atoms with E-state index >= 15 is 0 Å². The van der Waals surface area contributed by atoms with Gasteiger partial charge in [-0.1, -0.05) is 28.7 Å². The number of Topliss-reactive ketones (excluding diaryl/α,β-unsaturated/α-hetero) is 1. The third-order valence-corrected chi connectivity index (χ3v) is 7.89. The van der Waals surface area contributed by atoms with Gasteiger partial charge in [-0.25, -0.2) is 9.37 Å². The van der Waals surface area contributed by atoms with Crippen molar-refractivity contribution < 1.29 is 13.9 Å². The molecule has 0 aliphatic rings. The third-order valence-electron chi connectivity index (χ3n) is 5.29. The van der Waals surface area contributed by atoms with Crippen LogP contribution in [0.4, 0.5) is 21.6 Å². The number of nitrogens with zero attached hydrogens (tertiary/aromatic N) is 3. The molecular weight excluding hydrogens is 428 g/mol. The molecule has 9 heteroatoms. The number of carbonyl (C=O) groups excluding carboxylic acids is 1. The molecule has 2 heterocycles. The van der Waals surface area contributed by atoms with E-state index in [1.54, 1.807) is 13.0 Å². The van der Waals surface area contributed by atoms with Crippen molar-refractivity contribution in [3.63, 3.8) is 0 Å². The van der Waals surface area contributed by atoms with Gasteiger partial charge in [0.05, 0.1) is 35.2 Å². The molecule has 2 aromatic heterocycles. The quantitative estimate of drug-likeness (QED) is 0.357. The fourth-order valence-corrected chi connectivity index (χ4v) is 5.52. The van der Waals surface area contributed by atoms with Crippen molar-refractivity contribution in [1.82, 2.24) is 14.8 Å². The normalized spacial score (nSPS) is 11.1. The number of anilines is 3. The molecule has 7 nitrogen and oxygen atoms in total. The number of methoxy groups -OCH3 is 1. The van der Waals surface area contributed by atoms with E-state index in [4.69, 9.17) is 10.5 Å². The minimum absolute atomic E-state index is 0.0996. The first-order valence-electron chi connectivity index (χ1n) is 10.5. The van der Waals surface area contributed by atoms with Crippen LogP contribution in [0.3, 0.4) is 0 Å². The number of benzene rings is 1. The van der Waals surface area contributed by atoms with E-state index in [0.29, 0.717) is 40.4 Å². The van der Waals surface area contributed by atoms with Crippen LogP contribution in [0.15, 0.2) is 30.5 Å². The van der Waals surface area contributed by atoms with Crippen LogP contribution in [0.1, 0.15) is 37.6 Å². The Balaban J connectivity index is 2.12. The molecule has 3 N–H and O–H groups in total. The molecule has 0 aliphatic carbocycles. The van der Waals surface area contributed by atoms with Gasteiger partial charge in [0.15, 0.2) is 11.5 Å². The average molecular weight is 457 g/mol. The van der Waals surface area contributed by atoms with E-state index in [2.05, 4.69) is 29.2 Å². The first-order chi connectivity index (χ1) is 15.3. The van der Waals surface area contributed by atoms with Gasteiger partial charge in [0.25, 0.3) is 0 Å². The molecule has 3 rings (SSSR count). The summed E-state index contributed by atoms with van der Waals surface area (Å²) in [6.07, 6.45) is 3.84. The van der Waals surface area contributed by atoms with Crippen molar-refractivity contribution in [2.45, 2.75) is 27.2 Å². The number of nitrogens with one attached hydrogen (secondary N) is 1. The zero-order valence-electron chi connectivity index (χ0n) is 19.1. The minimum atomic E-state index is -0.450. The SMILES string of the molecule is CCC(=O)c1cnc(N)cc1Nc1cc(F)cc(-c2cc(P(CC)CC)n(C)n2)c1OC. The summed E-state index contributed by atoms with van der Waals surface area (Å²) in [7, 11) is 3.10. The molecule has 32 heavy (non-hydrogen) atoms. The van der Waals surface area contributed by atoms with Gasteiger partial charge in [-0.2, -0.15) is 5.10 Å². The topological polar surface area (TPSA) is 95.1 Å². The van der Waals surface area contributed by atoms with Gasteiger partial charge in [-0.15, -0.1) is 0 Å². The van der Waals surface area contributed by atoms with E-state index in [1.807, 2.05) is 17.8 Å². The minimum Gasteiger partial charge on any atom is -0.494 e. The number of nitrogens with two attached hydrogens (primary N) is 1. The van der Waals surface area contributed by atoms with Gasteiger partial charge in [0, 0.05) is 37.4 Å². The van der Waals surface area contributed by atoms with Crippen LogP contribution in [-0.4, -0.2) is 40.0 Å². The van der Waals surface area contributed by atoms with Crippen molar-refractivity contribution >= 4 is 36.3 Å². The molecule has 0 unspecified atom stereocenters. The smallest absolute Gasteiger partial charge is 0.166 e. The monoisotopic (exact) mass is 457 g/mol. The lowest BCUT2D eigenvalue weighted by Crippen LogP contribution is -2.14. The predicted octanol–water partition coefficient (Wildman–Crippen LogP) is 4.70. The van der Waals surface area contributed by atoms with Gasteiger partial charge in [-0.05, 0) is 24.5 Å². The molecule has 0 spiro atoms. The highest BCUT2D eigenvalue weighted by Gasteiger charge is 2.21. The van der Waals surface area contributed by atoms with E-state index in [9.17, 15) is 9.18 Å². The Hall–Kier alpha value is -2.99. The number of halogens is 1. The Kier molecular flexibility index (Phi) is 7.46. The number of carbonyl (C=O) groups is 1. The summed E-state index contributed by atoms with van der Waals surface area (Å²) in [4.78, 5) is 16.4. The second-order valence-corrected chi connectivity index (χ2v) is 10.1. The standard InChI is InChI=1S/C23H29FN5O2P/c1-6-20(30)16-13-26-21(25)11-17(16)27-19-10-14(24)9-15(23(19)31-5)18-12-22(29(4)28-18)32(7-2)8-3/h9-13H,6-8H2,1-5H3,(H3,25,26,27). The second-order valence-electron chi connectivity index (χ2n) is 7.27. The van der Waals surface area contributed by atoms with E-state index in [-0.39, 0.29) is 19.5 Å². The van der Waals surface area contributed by atoms with Crippen LogP contribution in [0.2, 0.25) is 0 Å². The molecule has 170 valence electrons. The lowest BCUT2D eigenvalue weighted by molar-refractivity contribution is 0.0988. The summed E-state index contributed by atoms with van der Waals surface area (Å²) in [5.41, 5.74) is 9.36. The van der Waals surface area contributed by atoms with Crippen LogP contribution >= 0.6 is 7.92 Å². The van der Waals surface area contributed by atoms with Gasteiger partial charge < -0.3 is 15.8 Å². The number of aromatic nitrogens is 3. The molecule has 0 radical (unpaired) electrons. The number of pyridine rings is 1. The van der Waals surface area contributed by atoms with Crippen LogP contribution in [0.25, 0.3) is 11.3 Å². The molecule has 3 aromatic rings. The number of nitrogen functional groups attached to an aromatic ring is 1. The first kappa shape index (κ1) is 23.7. The fourth-order valence-electron chi connectivity index (χ4n) is 3.66. The van der Waals surface area contributed by atoms with Gasteiger partial charge in [0.2, 0.25) is 0 Å². The predicted molar refractivity (Wildman–Crippen MR) is 129 cm³/mol. The van der Waals surface area contributed by atoms with Crippen molar-refractivity contribution in [3.05, 3.63) is 41.8 Å². The van der Waals surface area contributed by atoms with Gasteiger partial charge >= 0.3 is 0 Å². The first-order valence-corrected chi connectivity index (χ1v) is 12.3. The number of hydrogen-bond donors (Lipinski definition) is 2. The molecular formula is C23H29FN5O2P. The molecule has 0 saturated carbocycles. The molecule has 0 aliphatic heterocycles. The number of ether oxygens (including phenoxy) is 1. The molecule has 0 saturated heterocycles. The molecule has 0 bridgehead atoms. The lowest BCUT2D eigenvalue weighted by atomic mass is 10.1. The Labute approximate surface area is 188 Å². The summed E-state index contributed by atoms with van der Waals surface area (Å²) in [5, 5.41) is 7.77. The van der Waals surface area contributed by atoms with Crippen molar-refractivity contribution in [2.24, 2.45) is 7.05 Å². The largest absolute Gasteiger partial charge is 0.494 e. The maximum Gasteiger partial charge on any atom is 0.166 e. The second kappa shape index (κ2) is 10.1. The van der Waals surface area contributed by atoms with E-state index in [0.717, 1.165) is 17.8 Å². The Morgan fingerprint density at radius 1 is 1.19 bits per heavy atom. The van der Waals surface area contributed by atoms with E-state index < -0.39 is 5.82 Å². The Morgan fingerprint density at radius 2 is 1.91 bits per heavy atom. The van der Waals surface area contributed by atoms with Crippen molar-refractivity contribution in [2.75, 3.05) is 30.5 Å². The number of aryl methyl sites for hydroxylation is 1. The Morgan fingerprint density at radius 3 is 2.53 bits per heavy atom. The summed E-state index contributed by atoms with van der Waals surface area (Å²) in [5.74, 6) is 0.128. The number of ketones is 1. The zero-order valence-corrected chi connectivity index (χ0v) is 20.0. The molecule has 0 amide bonds. The molecule has 0 fully saturated rings. The fraction of sp³-hybridized carbons (Fsp3) is 0.348. The van der Waals surface area contributed by atoms with Crippen LogP contribution in [0, 0.1) is 5.82 Å². The lowest BCUT2D eigenvalue weighted by Gasteiger charge is -2.16. The van der Waals surface area contributed by atoms with E-state index in [1.165, 1.54) is 25.4 Å². The highest BCUT2D eigenvalue weighted by molar-refractivity contribution is 7.65. The summed E-state index contributed by atoms with van der Waals surface area (Å²) in [6.45, 7) is 6.11. The number of rotatable bonds is 9. The van der Waals surface area contributed by atoms with Crippen molar-refractivity contribution in [3.8, 4) is 17.0 Å².